The summed E-state index contributed by atoms with van der Waals surface area (Å²) in [5.74, 6) is -10.3. The van der Waals surface area contributed by atoms with Crippen LogP contribution in [0.3, 0.4) is 0 Å². The Bertz CT molecular complexity index is 2650. The number of rotatable bonds is 30. The van der Waals surface area contributed by atoms with Crippen molar-refractivity contribution >= 4 is 59.1 Å². The Kier molecular flexibility index (Phi) is 25.7. The molecule has 30 heteroatoms. The van der Waals surface area contributed by atoms with E-state index in [0.717, 1.165) is 21.6 Å². The number of carboxylic acid groups (broad SMARTS) is 1. The lowest BCUT2D eigenvalue weighted by Gasteiger charge is -2.32. The molecule has 3 fully saturated rings. The number of aliphatic hydroxyl groups excluding tert-OH is 5. The van der Waals surface area contributed by atoms with Crippen LogP contribution in [0.25, 0.3) is 0 Å². The van der Waals surface area contributed by atoms with Crippen molar-refractivity contribution in [1.82, 2.24) is 46.6 Å². The first kappa shape index (κ1) is 68.2. The molecule has 30 nitrogen and oxygen atoms in total. The van der Waals surface area contributed by atoms with Gasteiger partial charge in [-0.15, -0.1) is 0 Å². The third-order valence-electron chi connectivity index (χ3n) is 15.0. The van der Waals surface area contributed by atoms with Crippen LogP contribution in [0.5, 0.6) is 11.5 Å². The van der Waals surface area contributed by atoms with Crippen LogP contribution in [0.4, 0.5) is 0 Å². The van der Waals surface area contributed by atoms with Crippen LogP contribution in [0.15, 0.2) is 48.5 Å². The number of aliphatic carboxylic acids is 1. The van der Waals surface area contributed by atoms with Crippen LogP contribution in [0.1, 0.15) is 82.8 Å². The molecule has 0 aromatic heterocycles. The van der Waals surface area contributed by atoms with Crippen molar-refractivity contribution in [2.24, 2.45) is 17.2 Å². The van der Waals surface area contributed by atoms with Crippen LogP contribution in [-0.2, 0) is 60.8 Å². The first-order valence-electron chi connectivity index (χ1n) is 28.3. The zero-order valence-electron chi connectivity index (χ0n) is 47.5. The minimum Gasteiger partial charge on any atom is -0.508 e. The molecule has 0 unspecified atom stereocenters. The van der Waals surface area contributed by atoms with Gasteiger partial charge in [0.15, 0.2) is 0 Å². The standard InChI is InChI=1S/C55H82N12O18/c1-28(58)46(75)59-37(7-3-5-17-56)52(81)65-24-34(72)22-43(65)49(78)63-41(27-68)47(76)61-39(19-30-9-13-32(70)14-10-30)53(82)67-26-36(74)23-44(67)50(79)64-45(29(2)69)51(80)62-40(20-31-11-15-33(71)16-12-31)54(83)66-25-35(73)21-42(66)48(77)60-38(55(84)85)8-4-6-18-57/h9-16,28-29,34-45,68-74H,3-8,17-27,56-58H2,1-2H3,(H,59,75)(H,60,77)(H,61,76)(H,62,80)(H,63,78)(H,64,79)(H,84,85)/t28-,29+,34+,35+,36+,37-,38-,39-,40-,41-,42-,43-,44-,45-/m0/s1. The van der Waals surface area contributed by atoms with Gasteiger partial charge in [0.05, 0.1) is 37.1 Å². The van der Waals surface area contributed by atoms with Gasteiger partial charge in [0, 0.05) is 51.7 Å². The van der Waals surface area contributed by atoms with Crippen molar-refractivity contribution in [3.8, 4) is 11.5 Å². The molecule has 2 aromatic rings. The normalized spacial score (nSPS) is 22.2. The Labute approximate surface area is 490 Å². The number of amides is 9. The number of aromatic hydroxyl groups is 2. The van der Waals surface area contributed by atoms with E-state index in [1.807, 2.05) is 0 Å². The average molecular weight is 1200 g/mol. The number of likely N-dealkylation sites (tertiary alicyclic amines) is 3. The summed E-state index contributed by atoms with van der Waals surface area (Å²) in [6, 6.07) is -4.03. The highest BCUT2D eigenvalue weighted by Crippen LogP contribution is 2.25. The zero-order chi connectivity index (χ0) is 62.8. The van der Waals surface area contributed by atoms with E-state index in [9.17, 15) is 88.8 Å². The third-order valence-corrected chi connectivity index (χ3v) is 15.0. The minimum absolute atomic E-state index is 0.0148. The fourth-order valence-electron chi connectivity index (χ4n) is 10.4. The van der Waals surface area contributed by atoms with Gasteiger partial charge in [0.2, 0.25) is 53.2 Å². The summed E-state index contributed by atoms with van der Waals surface area (Å²) >= 11 is 0. The summed E-state index contributed by atoms with van der Waals surface area (Å²) in [5.41, 5.74) is 17.6. The Hall–Kier alpha value is -7.58. The highest BCUT2D eigenvalue weighted by Gasteiger charge is 2.47. The molecule has 2 aromatic carbocycles. The summed E-state index contributed by atoms with van der Waals surface area (Å²) < 4.78 is 0. The van der Waals surface area contributed by atoms with E-state index in [4.69, 9.17) is 17.2 Å². The fraction of sp³-hybridized carbons (Fsp3) is 0.600. The van der Waals surface area contributed by atoms with Crippen molar-refractivity contribution in [2.75, 3.05) is 39.3 Å². The summed E-state index contributed by atoms with van der Waals surface area (Å²) in [6.45, 7) is 0.772. The predicted octanol–water partition coefficient (Wildman–Crippen LogP) is -6.26. The van der Waals surface area contributed by atoms with Crippen molar-refractivity contribution in [3.63, 3.8) is 0 Å². The predicted molar refractivity (Wildman–Crippen MR) is 299 cm³/mol. The molecule has 20 N–H and O–H groups in total. The minimum atomic E-state index is -1.89. The van der Waals surface area contributed by atoms with Gasteiger partial charge in [-0.3, -0.25) is 43.2 Å². The number of unbranched alkanes of at least 4 members (excludes halogenated alkanes) is 2. The molecule has 470 valence electrons. The maximum Gasteiger partial charge on any atom is 0.326 e. The maximum absolute atomic E-state index is 14.8. The van der Waals surface area contributed by atoms with Gasteiger partial charge in [0.25, 0.3) is 0 Å². The van der Waals surface area contributed by atoms with E-state index in [0.29, 0.717) is 43.4 Å². The van der Waals surface area contributed by atoms with Gasteiger partial charge in [-0.05, 0) is 101 Å². The van der Waals surface area contributed by atoms with Gasteiger partial charge in [-0.25, -0.2) is 4.79 Å². The molecule has 85 heavy (non-hydrogen) atoms. The van der Waals surface area contributed by atoms with Gasteiger partial charge in [-0.1, -0.05) is 24.3 Å². The summed E-state index contributed by atoms with van der Waals surface area (Å²) in [7, 11) is 0. The highest BCUT2D eigenvalue weighted by atomic mass is 16.4. The zero-order valence-corrected chi connectivity index (χ0v) is 47.5. The lowest BCUT2D eigenvalue weighted by atomic mass is 10.0. The van der Waals surface area contributed by atoms with Crippen LogP contribution in [0, 0.1) is 0 Å². The Balaban J connectivity index is 1.36. The molecule has 0 spiro atoms. The van der Waals surface area contributed by atoms with Gasteiger partial charge >= 0.3 is 5.97 Å². The quantitative estimate of drug-likeness (QED) is 0.0324. The van der Waals surface area contributed by atoms with Crippen molar-refractivity contribution < 1.29 is 88.8 Å². The number of carbonyl (C=O) groups is 10. The summed E-state index contributed by atoms with van der Waals surface area (Å²) in [5, 5.41) is 98.5. The first-order chi connectivity index (χ1) is 40.3. The molecule has 0 saturated carbocycles. The average Bonchev–Trinajstić information content (AvgIpc) is 3.15. The third kappa shape index (κ3) is 19.2. The van der Waals surface area contributed by atoms with Crippen LogP contribution >= 0.6 is 0 Å². The molecule has 9 amide bonds. The molecule has 5 rings (SSSR count). The number of phenolic OH excluding ortho intramolecular Hbond substituents is 2. The maximum atomic E-state index is 14.8. The lowest BCUT2D eigenvalue weighted by molar-refractivity contribution is -0.145. The monoisotopic (exact) mass is 1200 g/mol. The van der Waals surface area contributed by atoms with E-state index in [2.05, 4.69) is 31.9 Å². The number of nitrogens with one attached hydrogen (secondary N) is 6. The molecule has 0 bridgehead atoms. The number of phenols is 2. The second-order valence-electron chi connectivity index (χ2n) is 21.8. The topological polar surface area (TPSA) is 492 Å². The second-order valence-corrected chi connectivity index (χ2v) is 21.8. The molecule has 3 aliphatic heterocycles. The largest absolute Gasteiger partial charge is 0.508 e. The van der Waals surface area contributed by atoms with E-state index < -0.39 is 170 Å². The van der Waals surface area contributed by atoms with Crippen molar-refractivity contribution in [2.45, 2.75) is 169 Å². The number of carboxylic acids is 1. The number of hydrogen-bond donors (Lipinski definition) is 17. The molecular weight excluding hydrogens is 1120 g/mol. The molecule has 3 aliphatic rings. The molecule has 14 atom stereocenters. The van der Waals surface area contributed by atoms with E-state index >= 15 is 0 Å². The number of nitrogens with zero attached hydrogens (tertiary/aromatic N) is 3. The van der Waals surface area contributed by atoms with Gasteiger partial charge in [0.1, 0.15) is 65.9 Å². The fourth-order valence-corrected chi connectivity index (χ4v) is 10.4. The first-order valence-corrected chi connectivity index (χ1v) is 28.3. The van der Waals surface area contributed by atoms with Crippen LogP contribution in [0.2, 0.25) is 0 Å². The number of aliphatic hydroxyl groups is 5. The number of carbonyl (C=O) groups excluding carboxylic acids is 9. The van der Waals surface area contributed by atoms with E-state index in [1.165, 1.54) is 55.5 Å². The second kappa shape index (κ2) is 32.1. The Morgan fingerprint density at radius 3 is 1.26 bits per heavy atom. The number of benzene rings is 2. The molecule has 0 aliphatic carbocycles. The van der Waals surface area contributed by atoms with Gasteiger partial charge < -0.3 is 105 Å². The van der Waals surface area contributed by atoms with Crippen LogP contribution < -0.4 is 49.1 Å². The summed E-state index contributed by atoms with van der Waals surface area (Å²) in [6.07, 6.45) is -5.43. The number of nitrogens with two attached hydrogens (primary N) is 3. The molecule has 3 saturated heterocycles. The molecule has 3 heterocycles. The van der Waals surface area contributed by atoms with Crippen molar-refractivity contribution in [3.05, 3.63) is 59.7 Å². The summed E-state index contributed by atoms with van der Waals surface area (Å²) in [4.78, 5) is 141. The Morgan fingerprint density at radius 1 is 0.518 bits per heavy atom. The van der Waals surface area contributed by atoms with Crippen LogP contribution in [-0.4, -0.2) is 239 Å². The highest BCUT2D eigenvalue weighted by molar-refractivity contribution is 5.99. The number of hydrogen-bond acceptors (Lipinski definition) is 20. The molecular formula is C55H82N12O18. The molecule has 0 radical (unpaired) electrons. The number of β-amino-alcohol motifs (C(OH)–C–C–N with tert-alkyl or cyclic N) is 3. The van der Waals surface area contributed by atoms with Gasteiger partial charge in [-0.2, -0.15) is 0 Å². The Morgan fingerprint density at radius 2 is 0.882 bits per heavy atom. The van der Waals surface area contributed by atoms with E-state index in [-0.39, 0.29) is 63.1 Å². The SMILES string of the molecule is C[C@H](N)C(=O)N[C@@H](CCCCN)C(=O)N1C[C@H](O)C[C@H]1C(=O)N[C@@H](CO)C(=O)N[C@@H](Cc1ccc(O)cc1)C(=O)N1C[C@H](O)C[C@H]1C(=O)N[C@H](C(=O)N[C@@H](Cc1ccc(O)cc1)C(=O)N1C[C@H](O)C[C@H]1C(=O)N[C@@H](CCCCN)C(=O)O)[C@@H](C)O. The van der Waals surface area contributed by atoms with Crippen molar-refractivity contribution in [1.29, 1.82) is 0 Å². The van der Waals surface area contributed by atoms with E-state index in [1.54, 1.807) is 0 Å². The lowest BCUT2D eigenvalue weighted by Crippen LogP contribution is -2.62. The smallest absolute Gasteiger partial charge is 0.326 e.